The topological polar surface area (TPSA) is 104 Å². The SMILES string of the molecule is CC(C)(C)C1CC(=O)NC1=O.O=C(O)O. The lowest BCUT2D eigenvalue weighted by molar-refractivity contribution is -0.127. The summed E-state index contributed by atoms with van der Waals surface area (Å²) in [6.45, 7) is 5.90. The summed E-state index contributed by atoms with van der Waals surface area (Å²) in [5.74, 6) is -0.410. The van der Waals surface area contributed by atoms with Crippen LogP contribution < -0.4 is 5.32 Å². The highest BCUT2D eigenvalue weighted by molar-refractivity contribution is 6.03. The normalized spacial score (nSPS) is 20.3. The molecule has 1 aliphatic rings. The van der Waals surface area contributed by atoms with E-state index in [1.54, 1.807) is 0 Å². The van der Waals surface area contributed by atoms with Gasteiger partial charge in [-0.15, -0.1) is 0 Å². The number of hydrogen-bond donors (Lipinski definition) is 3. The number of imide groups is 1. The molecule has 1 saturated heterocycles. The van der Waals surface area contributed by atoms with E-state index < -0.39 is 6.16 Å². The van der Waals surface area contributed by atoms with Gasteiger partial charge in [-0.25, -0.2) is 4.79 Å². The van der Waals surface area contributed by atoms with E-state index in [9.17, 15) is 9.59 Å². The zero-order valence-corrected chi connectivity index (χ0v) is 8.90. The molecule has 1 atom stereocenters. The van der Waals surface area contributed by atoms with Crippen LogP contribution in [0.3, 0.4) is 0 Å². The molecule has 2 amide bonds. The molecule has 0 bridgehead atoms. The van der Waals surface area contributed by atoms with Crippen LogP contribution in [-0.2, 0) is 9.59 Å². The lowest BCUT2D eigenvalue weighted by Gasteiger charge is -2.22. The van der Waals surface area contributed by atoms with E-state index in [0.29, 0.717) is 6.42 Å². The fourth-order valence-electron chi connectivity index (χ4n) is 1.25. The van der Waals surface area contributed by atoms with Crippen molar-refractivity contribution in [3.05, 3.63) is 0 Å². The van der Waals surface area contributed by atoms with Crippen LogP contribution >= 0.6 is 0 Å². The van der Waals surface area contributed by atoms with E-state index in [0.717, 1.165) is 0 Å². The Balaban J connectivity index is 0.000000423. The van der Waals surface area contributed by atoms with Crippen molar-refractivity contribution in [3.63, 3.8) is 0 Å². The Morgan fingerprint density at radius 3 is 1.87 bits per heavy atom. The van der Waals surface area contributed by atoms with E-state index >= 15 is 0 Å². The molecule has 0 spiro atoms. The molecule has 6 nitrogen and oxygen atoms in total. The van der Waals surface area contributed by atoms with E-state index in [2.05, 4.69) is 5.32 Å². The summed E-state index contributed by atoms with van der Waals surface area (Å²) in [6.07, 6.45) is -1.48. The molecule has 0 saturated carbocycles. The summed E-state index contributed by atoms with van der Waals surface area (Å²) in [4.78, 5) is 30.4. The third kappa shape index (κ3) is 4.99. The highest BCUT2D eigenvalue weighted by Gasteiger charge is 2.38. The maximum atomic E-state index is 11.1. The average Bonchev–Trinajstić information content (AvgIpc) is 2.26. The lowest BCUT2D eigenvalue weighted by atomic mass is 9.80. The molecule has 3 N–H and O–H groups in total. The average molecular weight is 217 g/mol. The zero-order chi connectivity index (χ0) is 12.2. The second kappa shape index (κ2) is 4.77. The fraction of sp³-hybridized carbons (Fsp3) is 0.667. The summed E-state index contributed by atoms with van der Waals surface area (Å²) in [7, 11) is 0. The zero-order valence-electron chi connectivity index (χ0n) is 8.90. The summed E-state index contributed by atoms with van der Waals surface area (Å²) in [5.41, 5.74) is -0.101. The third-order valence-corrected chi connectivity index (χ3v) is 2.01. The summed E-state index contributed by atoms with van der Waals surface area (Å²) < 4.78 is 0. The number of rotatable bonds is 0. The molecule has 1 heterocycles. The minimum atomic E-state index is -1.83. The van der Waals surface area contributed by atoms with Crippen LogP contribution in [0.4, 0.5) is 4.79 Å². The van der Waals surface area contributed by atoms with Gasteiger partial charge in [-0.1, -0.05) is 20.8 Å². The summed E-state index contributed by atoms with van der Waals surface area (Å²) in [6, 6.07) is 0. The summed E-state index contributed by atoms with van der Waals surface area (Å²) >= 11 is 0. The highest BCUT2D eigenvalue weighted by Crippen LogP contribution is 2.31. The van der Waals surface area contributed by atoms with Gasteiger partial charge in [0.15, 0.2) is 0 Å². The molecule has 6 heteroatoms. The van der Waals surface area contributed by atoms with E-state index in [4.69, 9.17) is 15.0 Å². The molecular weight excluding hydrogens is 202 g/mol. The van der Waals surface area contributed by atoms with Gasteiger partial charge in [-0.3, -0.25) is 14.9 Å². The number of carboxylic acid groups (broad SMARTS) is 2. The molecule has 0 aromatic rings. The Morgan fingerprint density at radius 2 is 1.73 bits per heavy atom. The Morgan fingerprint density at radius 1 is 1.33 bits per heavy atom. The lowest BCUT2D eigenvalue weighted by Crippen LogP contribution is -2.29. The van der Waals surface area contributed by atoms with Gasteiger partial charge in [0.1, 0.15) is 0 Å². The van der Waals surface area contributed by atoms with Gasteiger partial charge < -0.3 is 10.2 Å². The maximum absolute atomic E-state index is 11.1. The van der Waals surface area contributed by atoms with Gasteiger partial charge in [-0.05, 0) is 5.41 Å². The fourth-order valence-corrected chi connectivity index (χ4v) is 1.25. The molecule has 1 unspecified atom stereocenters. The van der Waals surface area contributed by atoms with Gasteiger partial charge in [0.25, 0.3) is 0 Å². The molecule has 0 aromatic carbocycles. The minimum absolute atomic E-state index is 0.101. The van der Waals surface area contributed by atoms with Gasteiger partial charge in [0, 0.05) is 6.42 Å². The van der Waals surface area contributed by atoms with Crippen LogP contribution in [0.15, 0.2) is 0 Å². The molecule has 1 aliphatic heterocycles. The smallest absolute Gasteiger partial charge is 0.450 e. The predicted octanol–water partition coefficient (Wildman–Crippen LogP) is 0.918. The van der Waals surface area contributed by atoms with Crippen molar-refractivity contribution in [2.45, 2.75) is 27.2 Å². The van der Waals surface area contributed by atoms with Crippen molar-refractivity contribution in [1.82, 2.24) is 5.32 Å². The summed E-state index contributed by atoms with van der Waals surface area (Å²) in [5, 5.41) is 16.2. The van der Waals surface area contributed by atoms with E-state index in [1.807, 2.05) is 20.8 Å². The van der Waals surface area contributed by atoms with Crippen LogP contribution in [0.1, 0.15) is 27.2 Å². The number of carbonyl (C=O) groups excluding carboxylic acids is 2. The van der Waals surface area contributed by atoms with Crippen molar-refractivity contribution < 1.29 is 24.6 Å². The Hall–Kier alpha value is -1.59. The second-order valence-corrected chi connectivity index (χ2v) is 4.32. The second-order valence-electron chi connectivity index (χ2n) is 4.32. The third-order valence-electron chi connectivity index (χ3n) is 2.01. The van der Waals surface area contributed by atoms with Crippen LogP contribution in [0.25, 0.3) is 0 Å². The number of amides is 2. The first-order valence-electron chi connectivity index (χ1n) is 4.40. The molecule has 0 aromatic heterocycles. The number of carbonyl (C=O) groups is 3. The van der Waals surface area contributed by atoms with Gasteiger partial charge in [-0.2, -0.15) is 0 Å². The van der Waals surface area contributed by atoms with Crippen LogP contribution in [-0.4, -0.2) is 28.2 Å². The molecule has 0 aliphatic carbocycles. The Kier molecular flexibility index (Phi) is 4.26. The van der Waals surface area contributed by atoms with Crippen LogP contribution in [0.5, 0.6) is 0 Å². The van der Waals surface area contributed by atoms with Crippen molar-refractivity contribution in [3.8, 4) is 0 Å². The number of hydrogen-bond acceptors (Lipinski definition) is 3. The van der Waals surface area contributed by atoms with Crippen molar-refractivity contribution in [1.29, 1.82) is 0 Å². The monoisotopic (exact) mass is 217 g/mol. The largest absolute Gasteiger partial charge is 0.503 e. The minimum Gasteiger partial charge on any atom is -0.450 e. The van der Waals surface area contributed by atoms with E-state index in [1.165, 1.54) is 0 Å². The quantitative estimate of drug-likeness (QED) is 0.523. The first-order valence-corrected chi connectivity index (χ1v) is 4.40. The van der Waals surface area contributed by atoms with Crippen molar-refractivity contribution in [2.75, 3.05) is 0 Å². The van der Waals surface area contributed by atoms with Crippen molar-refractivity contribution >= 4 is 18.0 Å². The van der Waals surface area contributed by atoms with Crippen LogP contribution in [0.2, 0.25) is 0 Å². The molecular formula is C9H15NO5. The van der Waals surface area contributed by atoms with E-state index in [-0.39, 0.29) is 23.1 Å². The Bertz CT molecular complexity index is 275. The van der Waals surface area contributed by atoms with Gasteiger partial charge in [0.05, 0.1) is 5.92 Å². The molecule has 0 radical (unpaired) electrons. The molecule has 1 fully saturated rings. The molecule has 1 rings (SSSR count). The maximum Gasteiger partial charge on any atom is 0.503 e. The number of nitrogens with one attached hydrogen (secondary N) is 1. The Labute approximate surface area is 87.3 Å². The molecule has 15 heavy (non-hydrogen) atoms. The predicted molar refractivity (Wildman–Crippen MR) is 51.4 cm³/mol. The van der Waals surface area contributed by atoms with Gasteiger partial charge >= 0.3 is 6.16 Å². The highest BCUT2D eigenvalue weighted by atomic mass is 16.6. The van der Waals surface area contributed by atoms with Gasteiger partial charge in [0.2, 0.25) is 11.8 Å². The van der Waals surface area contributed by atoms with Crippen molar-refractivity contribution in [2.24, 2.45) is 11.3 Å². The van der Waals surface area contributed by atoms with Crippen LogP contribution in [0, 0.1) is 11.3 Å². The standard InChI is InChI=1S/C8H13NO2.CH2O3/c1-8(2,3)5-4-6(10)9-7(5)11;2-1(3)4/h5H,4H2,1-3H3,(H,9,10,11);(H2,2,3,4). The first-order chi connectivity index (χ1) is 6.64. The molecule has 86 valence electrons. The first kappa shape index (κ1) is 13.4.